The molecule has 4 rings (SSSR count). The highest BCUT2D eigenvalue weighted by Gasteiger charge is 2.57. The molecular weight excluding hydrogens is 442 g/mol. The van der Waals surface area contributed by atoms with Crippen LogP contribution in [-0.4, -0.2) is 31.6 Å². The minimum absolute atomic E-state index is 0.153. The van der Waals surface area contributed by atoms with Crippen molar-refractivity contribution < 1.29 is 22.4 Å². The summed E-state index contributed by atoms with van der Waals surface area (Å²) in [7, 11) is 0. The number of halogens is 4. The van der Waals surface area contributed by atoms with Gasteiger partial charge in [-0.15, -0.1) is 0 Å². The maximum atomic E-state index is 14.2. The zero-order chi connectivity index (χ0) is 23.9. The molecule has 1 saturated carbocycles. The van der Waals surface area contributed by atoms with Crippen LogP contribution in [0.1, 0.15) is 43.4 Å². The van der Waals surface area contributed by atoms with E-state index in [9.17, 15) is 27.2 Å². The number of nitrogens with zero attached hydrogens (tertiary/aromatic N) is 4. The van der Waals surface area contributed by atoms with Crippen LogP contribution in [0, 0.1) is 11.6 Å². The molecule has 1 atom stereocenters. The third kappa shape index (κ3) is 4.76. The second kappa shape index (κ2) is 8.38. The Kier molecular flexibility index (Phi) is 5.73. The fourth-order valence-corrected chi connectivity index (χ4v) is 3.53. The Balaban J connectivity index is 1.67. The van der Waals surface area contributed by atoms with Crippen molar-refractivity contribution >= 4 is 11.7 Å². The average molecular weight is 461 g/mol. The molecule has 0 saturated heterocycles. The Morgan fingerprint density at radius 1 is 1.24 bits per heavy atom. The topological polar surface area (TPSA) is 89.8 Å². The molecule has 1 N–H and O–H groups in total. The molecule has 1 aromatic carbocycles. The van der Waals surface area contributed by atoms with Crippen LogP contribution in [0.25, 0.3) is 11.1 Å². The molecule has 172 valence electrons. The van der Waals surface area contributed by atoms with Crippen LogP contribution in [0.4, 0.5) is 23.4 Å². The van der Waals surface area contributed by atoms with E-state index in [4.69, 9.17) is 0 Å². The smallest absolute Gasteiger partial charge is 0.267 e. The van der Waals surface area contributed by atoms with Crippen LogP contribution in [0.2, 0.25) is 0 Å². The molecule has 0 unspecified atom stereocenters. The number of anilines is 1. The van der Waals surface area contributed by atoms with E-state index in [0.29, 0.717) is 11.3 Å². The lowest BCUT2D eigenvalue weighted by atomic mass is 9.96. The van der Waals surface area contributed by atoms with E-state index in [0.717, 1.165) is 29.3 Å². The summed E-state index contributed by atoms with van der Waals surface area (Å²) in [5, 5.41) is 6.48. The lowest BCUT2D eigenvalue weighted by Gasteiger charge is -2.15. The number of benzene rings is 1. The van der Waals surface area contributed by atoms with Gasteiger partial charge in [0.15, 0.2) is 11.6 Å². The molecule has 0 aliphatic heterocycles. The predicted octanol–water partition coefficient (Wildman–Crippen LogP) is 3.86. The molecule has 2 aromatic heterocycles. The Labute approximate surface area is 185 Å². The number of carbonyl (C=O) groups is 1. The van der Waals surface area contributed by atoms with E-state index in [1.54, 1.807) is 13.8 Å². The second-order valence-electron chi connectivity index (χ2n) is 8.15. The molecular formula is C22H19F4N5O2. The Morgan fingerprint density at radius 2 is 1.97 bits per heavy atom. The zero-order valence-electron chi connectivity index (χ0n) is 17.7. The SMILES string of the molecule is CC(C)c1nn(CC(=O)Nc2ncncc2F)c(=O)cc1-c1cc(F)cc([C@@H]2CC2(F)F)c1. The molecule has 1 aliphatic carbocycles. The molecule has 1 fully saturated rings. The normalized spacial score (nSPS) is 16.6. The lowest BCUT2D eigenvalue weighted by molar-refractivity contribution is -0.117. The molecule has 0 bridgehead atoms. The summed E-state index contributed by atoms with van der Waals surface area (Å²) in [6, 6.07) is 4.84. The highest BCUT2D eigenvalue weighted by atomic mass is 19.3. The number of hydrogen-bond acceptors (Lipinski definition) is 5. The highest BCUT2D eigenvalue weighted by molar-refractivity contribution is 5.89. The number of carbonyl (C=O) groups excluding carboxylic acids is 1. The van der Waals surface area contributed by atoms with Crippen molar-refractivity contribution in [1.29, 1.82) is 0 Å². The molecule has 1 aliphatic rings. The standard InChI is InChI=1S/C22H19F4N5O2/c1-11(2)20-15(12-3-13(5-14(23)4-12)16-7-22(16,25)26)6-19(33)31(30-20)9-18(32)29-21-17(24)8-27-10-28-21/h3-6,8,10-11,16H,7,9H2,1-2H3,(H,27,28,29,32)/t16-/m0/s1. The van der Waals surface area contributed by atoms with E-state index in [1.807, 2.05) is 0 Å². The summed E-state index contributed by atoms with van der Waals surface area (Å²) in [5.41, 5.74) is 0.393. The van der Waals surface area contributed by atoms with Gasteiger partial charge < -0.3 is 5.32 Å². The summed E-state index contributed by atoms with van der Waals surface area (Å²) >= 11 is 0. The first-order chi connectivity index (χ1) is 15.5. The number of nitrogens with one attached hydrogen (secondary N) is 1. The number of aromatic nitrogens is 4. The van der Waals surface area contributed by atoms with E-state index < -0.39 is 41.5 Å². The first kappa shape index (κ1) is 22.6. The fraction of sp³-hybridized carbons (Fsp3) is 0.318. The third-order valence-electron chi connectivity index (χ3n) is 5.25. The first-order valence-electron chi connectivity index (χ1n) is 10.1. The Bertz CT molecular complexity index is 1290. The van der Waals surface area contributed by atoms with Gasteiger partial charge in [-0.25, -0.2) is 32.2 Å². The summed E-state index contributed by atoms with van der Waals surface area (Å²) in [4.78, 5) is 32.1. The van der Waals surface area contributed by atoms with Gasteiger partial charge in [0.05, 0.1) is 17.8 Å². The summed E-state index contributed by atoms with van der Waals surface area (Å²) in [6.07, 6.45) is 1.58. The highest BCUT2D eigenvalue weighted by Crippen LogP contribution is 2.56. The van der Waals surface area contributed by atoms with Gasteiger partial charge >= 0.3 is 0 Å². The maximum absolute atomic E-state index is 14.2. The van der Waals surface area contributed by atoms with E-state index in [2.05, 4.69) is 20.4 Å². The monoisotopic (exact) mass is 461 g/mol. The number of rotatable bonds is 6. The van der Waals surface area contributed by atoms with Crippen LogP contribution >= 0.6 is 0 Å². The fourth-order valence-electron chi connectivity index (χ4n) is 3.53. The predicted molar refractivity (Wildman–Crippen MR) is 111 cm³/mol. The molecule has 7 nitrogen and oxygen atoms in total. The van der Waals surface area contributed by atoms with Crippen molar-refractivity contribution in [1.82, 2.24) is 19.7 Å². The summed E-state index contributed by atoms with van der Waals surface area (Å²) in [5.74, 6) is -6.80. The Hall–Kier alpha value is -3.63. The van der Waals surface area contributed by atoms with Gasteiger partial charge in [-0.3, -0.25) is 9.59 Å². The number of alkyl halides is 2. The van der Waals surface area contributed by atoms with Crippen LogP contribution in [0.5, 0.6) is 0 Å². The van der Waals surface area contributed by atoms with Crippen molar-refractivity contribution in [2.75, 3.05) is 5.32 Å². The first-order valence-corrected chi connectivity index (χ1v) is 10.1. The largest absolute Gasteiger partial charge is 0.307 e. The third-order valence-corrected chi connectivity index (χ3v) is 5.25. The Morgan fingerprint density at radius 3 is 2.61 bits per heavy atom. The molecule has 1 amide bonds. The van der Waals surface area contributed by atoms with Crippen molar-refractivity contribution in [3.8, 4) is 11.1 Å². The van der Waals surface area contributed by atoms with Gasteiger partial charge in [-0.1, -0.05) is 19.9 Å². The lowest BCUT2D eigenvalue weighted by Crippen LogP contribution is -2.31. The van der Waals surface area contributed by atoms with Gasteiger partial charge in [-0.2, -0.15) is 5.10 Å². The molecule has 0 spiro atoms. The van der Waals surface area contributed by atoms with Crippen molar-refractivity contribution in [2.24, 2.45) is 0 Å². The number of hydrogen-bond donors (Lipinski definition) is 1. The van der Waals surface area contributed by atoms with Crippen molar-refractivity contribution in [3.63, 3.8) is 0 Å². The number of amides is 1. The van der Waals surface area contributed by atoms with E-state index in [1.165, 1.54) is 12.1 Å². The molecule has 2 heterocycles. The van der Waals surface area contributed by atoms with Crippen LogP contribution in [0.3, 0.4) is 0 Å². The van der Waals surface area contributed by atoms with Gasteiger partial charge in [0.2, 0.25) is 5.91 Å². The molecule has 0 radical (unpaired) electrons. The van der Waals surface area contributed by atoms with Crippen LogP contribution in [0.15, 0.2) is 41.6 Å². The van der Waals surface area contributed by atoms with Gasteiger partial charge in [0.25, 0.3) is 11.5 Å². The van der Waals surface area contributed by atoms with E-state index >= 15 is 0 Å². The van der Waals surface area contributed by atoms with E-state index in [-0.39, 0.29) is 29.3 Å². The van der Waals surface area contributed by atoms with Crippen LogP contribution < -0.4 is 10.9 Å². The van der Waals surface area contributed by atoms with Crippen molar-refractivity contribution in [2.45, 2.75) is 44.6 Å². The molecule has 33 heavy (non-hydrogen) atoms. The van der Waals surface area contributed by atoms with Gasteiger partial charge in [0, 0.05) is 18.1 Å². The second-order valence-corrected chi connectivity index (χ2v) is 8.15. The minimum Gasteiger partial charge on any atom is -0.307 e. The quantitative estimate of drug-likeness (QED) is 0.563. The van der Waals surface area contributed by atoms with Crippen LogP contribution in [-0.2, 0) is 11.3 Å². The zero-order valence-corrected chi connectivity index (χ0v) is 17.7. The average Bonchev–Trinajstić information content (AvgIpc) is 3.38. The summed E-state index contributed by atoms with van der Waals surface area (Å²) in [6.45, 7) is 3.05. The minimum atomic E-state index is -2.87. The maximum Gasteiger partial charge on any atom is 0.267 e. The molecule has 3 aromatic rings. The van der Waals surface area contributed by atoms with Gasteiger partial charge in [-0.05, 0) is 29.2 Å². The van der Waals surface area contributed by atoms with Crippen molar-refractivity contribution in [3.05, 3.63) is 70.0 Å². The molecule has 11 heteroatoms. The van der Waals surface area contributed by atoms with Gasteiger partial charge in [0.1, 0.15) is 18.7 Å². The summed E-state index contributed by atoms with van der Waals surface area (Å²) < 4.78 is 55.8.